The molecule has 1 amide bonds. The highest BCUT2D eigenvalue weighted by molar-refractivity contribution is 5.79. The van der Waals surface area contributed by atoms with E-state index in [2.05, 4.69) is 5.32 Å². The third-order valence-corrected chi connectivity index (χ3v) is 2.76. The Morgan fingerprint density at radius 3 is 2.88 bits per heavy atom. The third kappa shape index (κ3) is 1.68. The summed E-state index contributed by atoms with van der Waals surface area (Å²) in [6.45, 7) is 0. The van der Waals surface area contributed by atoms with Crippen LogP contribution in [0.15, 0.2) is 12.1 Å². The Hall–Kier alpha value is -1.78. The summed E-state index contributed by atoms with van der Waals surface area (Å²) in [5.74, 6) is -0.0289. The van der Waals surface area contributed by atoms with Crippen LogP contribution >= 0.6 is 0 Å². The van der Waals surface area contributed by atoms with Crippen LogP contribution < -0.4 is 15.8 Å². The van der Waals surface area contributed by atoms with Gasteiger partial charge in [-0.25, -0.2) is 4.39 Å². The van der Waals surface area contributed by atoms with Crippen LogP contribution in [0.25, 0.3) is 0 Å². The van der Waals surface area contributed by atoms with E-state index >= 15 is 0 Å². The molecule has 0 aromatic heterocycles. The number of anilines is 1. The van der Waals surface area contributed by atoms with Gasteiger partial charge in [0.05, 0.1) is 18.8 Å². The molecular formula is C11H13FN2O2. The number of carbonyl (C=O) groups excluding carboxylic acids is 1. The van der Waals surface area contributed by atoms with Gasteiger partial charge in [-0.15, -0.1) is 0 Å². The normalized spacial score (nSPS) is 19.6. The number of hydrogen-bond acceptors (Lipinski definition) is 3. The molecule has 16 heavy (non-hydrogen) atoms. The highest BCUT2D eigenvalue weighted by Crippen LogP contribution is 2.36. The predicted octanol–water partition coefficient (Wildman–Crippen LogP) is 1.37. The van der Waals surface area contributed by atoms with Crippen LogP contribution in [0.4, 0.5) is 10.1 Å². The van der Waals surface area contributed by atoms with Crippen molar-refractivity contribution in [2.45, 2.75) is 18.9 Å². The Morgan fingerprint density at radius 1 is 1.56 bits per heavy atom. The molecule has 1 aliphatic rings. The highest BCUT2D eigenvalue weighted by Gasteiger charge is 2.27. The van der Waals surface area contributed by atoms with Crippen molar-refractivity contribution in [2.75, 3.05) is 12.8 Å². The highest BCUT2D eigenvalue weighted by atomic mass is 19.1. The maximum atomic E-state index is 13.4. The number of rotatable bonds is 2. The minimum atomic E-state index is -0.489. The molecule has 0 saturated carbocycles. The minimum Gasteiger partial charge on any atom is -0.496 e. The number of hydrogen-bond donors (Lipinski definition) is 2. The molecule has 1 aromatic carbocycles. The number of nitrogen functional groups attached to an aromatic ring is 1. The van der Waals surface area contributed by atoms with Crippen molar-refractivity contribution in [2.24, 2.45) is 0 Å². The van der Waals surface area contributed by atoms with E-state index in [9.17, 15) is 9.18 Å². The van der Waals surface area contributed by atoms with Crippen molar-refractivity contribution in [3.8, 4) is 5.75 Å². The number of nitrogens with two attached hydrogens (primary N) is 1. The molecule has 1 heterocycles. The van der Waals surface area contributed by atoms with E-state index in [4.69, 9.17) is 10.5 Å². The first-order chi connectivity index (χ1) is 7.63. The lowest BCUT2D eigenvalue weighted by Gasteiger charge is -2.17. The fourth-order valence-corrected chi connectivity index (χ4v) is 1.96. The largest absolute Gasteiger partial charge is 0.496 e. The zero-order valence-corrected chi connectivity index (χ0v) is 8.92. The number of benzene rings is 1. The summed E-state index contributed by atoms with van der Waals surface area (Å²) in [4.78, 5) is 11.1. The number of methoxy groups -OCH3 is 1. The van der Waals surface area contributed by atoms with Crippen LogP contribution in [-0.2, 0) is 4.79 Å². The number of amides is 1. The van der Waals surface area contributed by atoms with E-state index in [1.807, 2.05) is 0 Å². The monoisotopic (exact) mass is 224 g/mol. The van der Waals surface area contributed by atoms with Crippen molar-refractivity contribution < 1.29 is 13.9 Å². The van der Waals surface area contributed by atoms with Gasteiger partial charge in [0.1, 0.15) is 11.6 Å². The zero-order chi connectivity index (χ0) is 11.7. The first kappa shape index (κ1) is 10.7. The van der Waals surface area contributed by atoms with Gasteiger partial charge in [-0.2, -0.15) is 0 Å². The van der Waals surface area contributed by atoms with Crippen molar-refractivity contribution in [1.82, 2.24) is 5.32 Å². The fourth-order valence-electron chi connectivity index (χ4n) is 1.96. The molecule has 4 nitrogen and oxygen atoms in total. The maximum Gasteiger partial charge on any atom is 0.220 e. The van der Waals surface area contributed by atoms with E-state index in [0.717, 1.165) is 0 Å². The summed E-state index contributed by atoms with van der Waals surface area (Å²) >= 11 is 0. The zero-order valence-electron chi connectivity index (χ0n) is 8.92. The van der Waals surface area contributed by atoms with Gasteiger partial charge in [-0.1, -0.05) is 0 Å². The van der Waals surface area contributed by atoms with Crippen LogP contribution in [0, 0.1) is 5.82 Å². The van der Waals surface area contributed by atoms with E-state index in [-0.39, 0.29) is 17.6 Å². The van der Waals surface area contributed by atoms with Crippen LogP contribution in [0.2, 0.25) is 0 Å². The Labute approximate surface area is 92.6 Å². The second-order valence-corrected chi connectivity index (χ2v) is 3.74. The number of ether oxygens (including phenoxy) is 1. The average molecular weight is 224 g/mol. The summed E-state index contributed by atoms with van der Waals surface area (Å²) in [6, 6.07) is 2.53. The van der Waals surface area contributed by atoms with Crippen molar-refractivity contribution >= 4 is 11.6 Å². The molecule has 0 bridgehead atoms. The standard InChI is InChI=1S/C11H13FN2O2/c1-16-8-4-2-6(12)11(13)10(8)7-3-5-9(15)14-7/h2,4,7H,3,5,13H2,1H3,(H,14,15)/t7-/m0/s1. The summed E-state index contributed by atoms with van der Waals surface area (Å²) in [5, 5.41) is 2.75. The molecule has 5 heteroatoms. The quantitative estimate of drug-likeness (QED) is 0.746. The van der Waals surface area contributed by atoms with Crippen molar-refractivity contribution in [1.29, 1.82) is 0 Å². The molecule has 0 unspecified atom stereocenters. The molecular weight excluding hydrogens is 211 g/mol. The van der Waals surface area contributed by atoms with Gasteiger partial charge in [0, 0.05) is 12.0 Å². The van der Waals surface area contributed by atoms with Gasteiger partial charge < -0.3 is 15.8 Å². The van der Waals surface area contributed by atoms with Gasteiger partial charge in [0.25, 0.3) is 0 Å². The summed E-state index contributed by atoms with van der Waals surface area (Å²) in [5.41, 5.74) is 6.26. The Morgan fingerprint density at radius 2 is 2.31 bits per heavy atom. The van der Waals surface area contributed by atoms with Crippen molar-refractivity contribution in [3.63, 3.8) is 0 Å². The molecule has 1 saturated heterocycles. The van der Waals surface area contributed by atoms with Crippen LogP contribution in [0.5, 0.6) is 5.75 Å². The van der Waals surface area contributed by atoms with Crippen LogP contribution in [-0.4, -0.2) is 13.0 Å². The molecule has 1 aliphatic heterocycles. The van der Waals surface area contributed by atoms with E-state index < -0.39 is 5.82 Å². The Balaban J connectivity index is 2.45. The number of nitrogens with one attached hydrogen (secondary N) is 1. The molecule has 0 spiro atoms. The molecule has 1 atom stereocenters. The number of carbonyl (C=O) groups is 1. The summed E-state index contributed by atoms with van der Waals surface area (Å²) in [6.07, 6.45) is 1.05. The average Bonchev–Trinajstić information content (AvgIpc) is 2.68. The van der Waals surface area contributed by atoms with Crippen LogP contribution in [0.1, 0.15) is 24.4 Å². The van der Waals surface area contributed by atoms with E-state index in [1.165, 1.54) is 19.2 Å². The first-order valence-corrected chi connectivity index (χ1v) is 5.04. The lowest BCUT2D eigenvalue weighted by atomic mass is 10.0. The molecule has 2 rings (SSSR count). The van der Waals surface area contributed by atoms with Crippen molar-refractivity contribution in [3.05, 3.63) is 23.5 Å². The second kappa shape index (κ2) is 4.00. The SMILES string of the molecule is COc1ccc(F)c(N)c1[C@@H]1CCC(=O)N1. The first-order valence-electron chi connectivity index (χ1n) is 5.04. The summed E-state index contributed by atoms with van der Waals surface area (Å²) in [7, 11) is 1.49. The third-order valence-electron chi connectivity index (χ3n) is 2.76. The Bertz CT molecular complexity index is 434. The fraction of sp³-hybridized carbons (Fsp3) is 0.364. The summed E-state index contributed by atoms with van der Waals surface area (Å²) < 4.78 is 18.5. The number of halogens is 1. The van der Waals surface area contributed by atoms with Crippen LogP contribution in [0.3, 0.4) is 0 Å². The van der Waals surface area contributed by atoms with Gasteiger partial charge in [-0.3, -0.25) is 4.79 Å². The van der Waals surface area contributed by atoms with Gasteiger partial charge in [0.2, 0.25) is 5.91 Å². The molecule has 0 aliphatic carbocycles. The predicted molar refractivity (Wildman–Crippen MR) is 57.5 cm³/mol. The molecule has 3 N–H and O–H groups in total. The molecule has 1 fully saturated rings. The second-order valence-electron chi connectivity index (χ2n) is 3.74. The lowest BCUT2D eigenvalue weighted by molar-refractivity contribution is -0.119. The minimum absolute atomic E-state index is 0.0456. The van der Waals surface area contributed by atoms with Gasteiger partial charge in [-0.05, 0) is 18.6 Å². The smallest absolute Gasteiger partial charge is 0.220 e. The van der Waals surface area contributed by atoms with E-state index in [1.54, 1.807) is 0 Å². The van der Waals surface area contributed by atoms with Gasteiger partial charge >= 0.3 is 0 Å². The maximum absolute atomic E-state index is 13.4. The molecule has 1 aromatic rings. The topological polar surface area (TPSA) is 64.3 Å². The lowest BCUT2D eigenvalue weighted by Crippen LogP contribution is -2.20. The Kier molecular flexibility index (Phi) is 2.68. The molecule has 86 valence electrons. The van der Waals surface area contributed by atoms with E-state index in [0.29, 0.717) is 24.2 Å². The molecule has 0 radical (unpaired) electrons. The van der Waals surface area contributed by atoms with Gasteiger partial charge in [0.15, 0.2) is 0 Å².